The second kappa shape index (κ2) is 4.74. The Morgan fingerprint density at radius 3 is 2.62 bits per heavy atom. The van der Waals surface area contributed by atoms with Crippen molar-refractivity contribution in [1.82, 2.24) is 4.90 Å². The highest BCUT2D eigenvalue weighted by atomic mass is 16.2. The molecule has 0 aromatic carbocycles. The van der Waals surface area contributed by atoms with Crippen LogP contribution in [0.3, 0.4) is 0 Å². The van der Waals surface area contributed by atoms with E-state index < -0.39 is 0 Å². The van der Waals surface area contributed by atoms with Gasteiger partial charge in [-0.1, -0.05) is 6.42 Å². The quantitative estimate of drug-likeness (QED) is 0.788. The minimum atomic E-state index is 0.205. The first-order valence-electron chi connectivity index (χ1n) is 6.62. The largest absolute Gasteiger partial charge is 0.343 e. The molecule has 3 unspecified atom stereocenters. The van der Waals surface area contributed by atoms with Gasteiger partial charge in [-0.15, -0.1) is 0 Å². The Balaban J connectivity index is 1.94. The van der Waals surface area contributed by atoms with Crippen molar-refractivity contribution in [3.05, 3.63) is 0 Å². The highest BCUT2D eigenvalue weighted by molar-refractivity contribution is 5.79. The van der Waals surface area contributed by atoms with Crippen molar-refractivity contribution >= 4 is 5.91 Å². The van der Waals surface area contributed by atoms with Crippen molar-refractivity contribution in [3.8, 4) is 0 Å². The Kier molecular flexibility index (Phi) is 3.53. The Hall–Kier alpha value is -0.570. The number of nitrogens with two attached hydrogens (primary N) is 1. The van der Waals surface area contributed by atoms with Gasteiger partial charge in [0.05, 0.1) is 0 Å². The van der Waals surface area contributed by atoms with Crippen molar-refractivity contribution < 1.29 is 4.79 Å². The molecule has 0 bridgehead atoms. The molecule has 92 valence electrons. The molecule has 0 aliphatic heterocycles. The smallest absolute Gasteiger partial charge is 0.225 e. The van der Waals surface area contributed by atoms with E-state index in [-0.39, 0.29) is 5.92 Å². The average Bonchev–Trinajstić information content (AvgIpc) is 3.04. The highest BCUT2D eigenvalue weighted by Crippen LogP contribution is 2.37. The van der Waals surface area contributed by atoms with Crippen molar-refractivity contribution in [2.45, 2.75) is 45.1 Å². The summed E-state index contributed by atoms with van der Waals surface area (Å²) in [6, 6.07) is 0.423. The van der Waals surface area contributed by atoms with Crippen LogP contribution >= 0.6 is 0 Å². The second-order valence-electron chi connectivity index (χ2n) is 5.56. The van der Waals surface area contributed by atoms with Crippen LogP contribution < -0.4 is 5.73 Å². The Morgan fingerprint density at radius 1 is 1.38 bits per heavy atom. The van der Waals surface area contributed by atoms with Gasteiger partial charge in [0.15, 0.2) is 0 Å². The maximum atomic E-state index is 12.4. The topological polar surface area (TPSA) is 46.3 Å². The molecule has 3 heteroatoms. The molecule has 2 aliphatic carbocycles. The van der Waals surface area contributed by atoms with E-state index in [1.165, 1.54) is 19.3 Å². The molecule has 2 aliphatic rings. The summed E-state index contributed by atoms with van der Waals surface area (Å²) in [7, 11) is 1.97. The molecular weight excluding hydrogens is 200 g/mol. The van der Waals surface area contributed by atoms with Crippen LogP contribution in [0.1, 0.15) is 39.0 Å². The zero-order valence-electron chi connectivity index (χ0n) is 10.5. The molecule has 0 aromatic heterocycles. The lowest BCUT2D eigenvalue weighted by molar-refractivity contribution is -0.137. The summed E-state index contributed by atoms with van der Waals surface area (Å²) in [5.41, 5.74) is 5.74. The van der Waals surface area contributed by atoms with Gasteiger partial charge in [0.1, 0.15) is 0 Å². The summed E-state index contributed by atoms with van der Waals surface area (Å²) in [5.74, 6) is 1.73. The number of rotatable bonds is 4. The number of hydrogen-bond acceptors (Lipinski definition) is 2. The third-order valence-electron chi connectivity index (χ3n) is 4.54. The van der Waals surface area contributed by atoms with Crippen LogP contribution in [-0.2, 0) is 4.79 Å². The van der Waals surface area contributed by atoms with Gasteiger partial charge in [0.25, 0.3) is 0 Å². The molecule has 3 atom stereocenters. The molecule has 1 amide bonds. The van der Waals surface area contributed by atoms with Crippen molar-refractivity contribution in [2.75, 3.05) is 13.6 Å². The first-order valence-corrected chi connectivity index (χ1v) is 6.62. The summed E-state index contributed by atoms with van der Waals surface area (Å²) >= 11 is 0. The van der Waals surface area contributed by atoms with E-state index in [9.17, 15) is 4.79 Å². The van der Waals surface area contributed by atoms with Gasteiger partial charge < -0.3 is 10.6 Å². The van der Waals surface area contributed by atoms with Gasteiger partial charge in [0.2, 0.25) is 5.91 Å². The molecule has 0 aromatic rings. The SMILES string of the molecule is CC(C1CC1)N(C)C(=O)C1CCCC1CN. The zero-order chi connectivity index (χ0) is 11.7. The van der Waals surface area contributed by atoms with E-state index in [1.54, 1.807) is 0 Å². The van der Waals surface area contributed by atoms with Crippen molar-refractivity contribution in [2.24, 2.45) is 23.5 Å². The zero-order valence-corrected chi connectivity index (χ0v) is 10.5. The van der Waals surface area contributed by atoms with E-state index in [1.807, 2.05) is 11.9 Å². The van der Waals surface area contributed by atoms with Crippen molar-refractivity contribution in [1.29, 1.82) is 0 Å². The van der Waals surface area contributed by atoms with Gasteiger partial charge >= 0.3 is 0 Å². The lowest BCUT2D eigenvalue weighted by Gasteiger charge is -2.29. The minimum absolute atomic E-state index is 0.205. The summed E-state index contributed by atoms with van der Waals surface area (Å²) in [4.78, 5) is 14.3. The molecule has 2 N–H and O–H groups in total. The molecule has 0 spiro atoms. The second-order valence-corrected chi connectivity index (χ2v) is 5.56. The van der Waals surface area contributed by atoms with Crippen LogP contribution in [0.5, 0.6) is 0 Å². The number of nitrogens with zero attached hydrogens (tertiary/aromatic N) is 1. The maximum absolute atomic E-state index is 12.4. The van der Waals surface area contributed by atoms with E-state index in [2.05, 4.69) is 6.92 Å². The summed E-state index contributed by atoms with van der Waals surface area (Å²) in [6.07, 6.45) is 5.94. The molecular formula is C13H24N2O. The van der Waals surface area contributed by atoms with Gasteiger partial charge in [-0.3, -0.25) is 4.79 Å². The van der Waals surface area contributed by atoms with Crippen LogP contribution in [0.15, 0.2) is 0 Å². The molecule has 16 heavy (non-hydrogen) atoms. The van der Waals surface area contributed by atoms with Gasteiger partial charge in [-0.25, -0.2) is 0 Å². The Labute approximate surface area is 98.4 Å². The minimum Gasteiger partial charge on any atom is -0.343 e. The number of carbonyl (C=O) groups excluding carboxylic acids is 1. The average molecular weight is 224 g/mol. The first kappa shape index (κ1) is 11.9. The summed E-state index contributed by atoms with van der Waals surface area (Å²) in [5, 5.41) is 0. The summed E-state index contributed by atoms with van der Waals surface area (Å²) < 4.78 is 0. The third kappa shape index (κ3) is 2.24. The number of hydrogen-bond donors (Lipinski definition) is 1. The highest BCUT2D eigenvalue weighted by Gasteiger charge is 2.38. The Bertz CT molecular complexity index is 263. The van der Waals surface area contributed by atoms with Gasteiger partial charge in [-0.2, -0.15) is 0 Å². The molecule has 3 nitrogen and oxygen atoms in total. The molecule has 0 heterocycles. The normalized spacial score (nSPS) is 31.4. The monoisotopic (exact) mass is 224 g/mol. The van der Waals surface area contributed by atoms with Gasteiger partial charge in [-0.05, 0) is 51.0 Å². The molecule has 2 fully saturated rings. The standard InChI is InChI=1S/C13H24N2O/c1-9(10-6-7-10)15(2)13(16)12-5-3-4-11(12)8-14/h9-12H,3-8,14H2,1-2H3. The predicted molar refractivity (Wildman–Crippen MR) is 64.8 cm³/mol. The lowest BCUT2D eigenvalue weighted by atomic mass is 9.94. The van der Waals surface area contributed by atoms with Crippen LogP contribution in [-0.4, -0.2) is 30.4 Å². The Morgan fingerprint density at radius 2 is 2.06 bits per heavy atom. The molecule has 2 saturated carbocycles. The van der Waals surface area contributed by atoms with E-state index in [0.717, 1.165) is 18.8 Å². The van der Waals surface area contributed by atoms with E-state index in [4.69, 9.17) is 5.73 Å². The fourth-order valence-corrected chi connectivity index (χ4v) is 3.00. The first-order chi connectivity index (χ1) is 7.65. The van der Waals surface area contributed by atoms with Crippen LogP contribution in [0.2, 0.25) is 0 Å². The van der Waals surface area contributed by atoms with Crippen LogP contribution in [0.25, 0.3) is 0 Å². The predicted octanol–water partition coefficient (Wildman–Crippen LogP) is 1.62. The summed E-state index contributed by atoms with van der Waals surface area (Å²) in [6.45, 7) is 2.85. The van der Waals surface area contributed by atoms with Crippen LogP contribution in [0, 0.1) is 17.8 Å². The van der Waals surface area contributed by atoms with Crippen LogP contribution in [0.4, 0.5) is 0 Å². The maximum Gasteiger partial charge on any atom is 0.225 e. The molecule has 0 radical (unpaired) electrons. The third-order valence-corrected chi connectivity index (χ3v) is 4.54. The number of carbonyl (C=O) groups is 1. The number of amides is 1. The fraction of sp³-hybridized carbons (Fsp3) is 0.923. The lowest BCUT2D eigenvalue weighted by Crippen LogP contribution is -2.42. The van der Waals surface area contributed by atoms with Gasteiger partial charge in [0, 0.05) is 19.0 Å². The van der Waals surface area contributed by atoms with Crippen molar-refractivity contribution in [3.63, 3.8) is 0 Å². The van der Waals surface area contributed by atoms with E-state index in [0.29, 0.717) is 24.4 Å². The molecule has 0 saturated heterocycles. The van der Waals surface area contributed by atoms with E-state index >= 15 is 0 Å². The fourth-order valence-electron chi connectivity index (χ4n) is 3.00. The molecule has 2 rings (SSSR count).